The molecule has 0 amide bonds. The summed E-state index contributed by atoms with van der Waals surface area (Å²) in [7, 11) is 3.79. The maximum absolute atomic E-state index is 5.05. The summed E-state index contributed by atoms with van der Waals surface area (Å²) >= 11 is 0. The van der Waals surface area contributed by atoms with Crippen molar-refractivity contribution < 1.29 is 4.74 Å². The number of hydrogen-bond acceptors (Lipinski definition) is 4. The van der Waals surface area contributed by atoms with E-state index in [1.54, 1.807) is 7.11 Å². The van der Waals surface area contributed by atoms with E-state index >= 15 is 0 Å². The van der Waals surface area contributed by atoms with E-state index in [0.29, 0.717) is 0 Å². The molecular formula is C13H23N3O. The Kier molecular flexibility index (Phi) is 6.40. The van der Waals surface area contributed by atoms with Crippen LogP contribution in [-0.4, -0.2) is 38.8 Å². The number of nitrogens with one attached hydrogen (secondary N) is 1. The van der Waals surface area contributed by atoms with Gasteiger partial charge in [0.1, 0.15) is 11.6 Å². The fourth-order valence-corrected chi connectivity index (χ4v) is 1.55. The monoisotopic (exact) mass is 237 g/mol. The molecule has 1 rings (SSSR count). The van der Waals surface area contributed by atoms with Gasteiger partial charge in [-0.3, -0.25) is 0 Å². The van der Waals surface area contributed by atoms with Gasteiger partial charge in [-0.2, -0.15) is 0 Å². The van der Waals surface area contributed by atoms with Crippen molar-refractivity contribution in [1.82, 2.24) is 4.98 Å². The Morgan fingerprint density at radius 1 is 1.41 bits per heavy atom. The molecule has 0 aliphatic rings. The Balaban J connectivity index is 2.51. The van der Waals surface area contributed by atoms with Crippen molar-refractivity contribution in [3.63, 3.8) is 0 Å². The first-order valence-corrected chi connectivity index (χ1v) is 6.19. The summed E-state index contributed by atoms with van der Waals surface area (Å²) in [5.41, 5.74) is 0. The molecule has 1 aromatic rings. The smallest absolute Gasteiger partial charge is 0.130 e. The first kappa shape index (κ1) is 13.8. The molecule has 0 aliphatic heterocycles. The van der Waals surface area contributed by atoms with Crippen LogP contribution in [0.15, 0.2) is 18.2 Å². The zero-order valence-corrected chi connectivity index (χ0v) is 11.1. The van der Waals surface area contributed by atoms with Crippen LogP contribution in [0, 0.1) is 0 Å². The van der Waals surface area contributed by atoms with Crippen LogP contribution in [0.4, 0.5) is 11.6 Å². The maximum atomic E-state index is 5.05. The van der Waals surface area contributed by atoms with Crippen LogP contribution in [0.25, 0.3) is 0 Å². The lowest BCUT2D eigenvalue weighted by atomic mass is 10.3. The van der Waals surface area contributed by atoms with Gasteiger partial charge in [0.15, 0.2) is 0 Å². The van der Waals surface area contributed by atoms with Gasteiger partial charge in [0.2, 0.25) is 0 Å². The summed E-state index contributed by atoms with van der Waals surface area (Å²) in [5, 5.41) is 3.29. The van der Waals surface area contributed by atoms with E-state index in [1.807, 2.05) is 18.2 Å². The minimum absolute atomic E-state index is 0.790. The molecule has 0 unspecified atom stereocenters. The van der Waals surface area contributed by atoms with Crippen LogP contribution in [0.1, 0.15) is 19.8 Å². The van der Waals surface area contributed by atoms with Crippen molar-refractivity contribution in [2.45, 2.75) is 19.8 Å². The number of anilines is 2. The van der Waals surface area contributed by atoms with Gasteiger partial charge in [-0.05, 0) is 25.0 Å². The number of methoxy groups -OCH3 is 1. The van der Waals surface area contributed by atoms with E-state index in [-0.39, 0.29) is 0 Å². The highest BCUT2D eigenvalue weighted by atomic mass is 16.5. The van der Waals surface area contributed by atoms with E-state index < -0.39 is 0 Å². The third-order valence-electron chi connectivity index (χ3n) is 2.52. The Labute approximate surface area is 104 Å². The molecule has 0 bridgehead atoms. The topological polar surface area (TPSA) is 37.4 Å². The molecular weight excluding hydrogens is 214 g/mol. The summed E-state index contributed by atoms with van der Waals surface area (Å²) in [6.07, 6.45) is 2.12. The Bertz CT molecular complexity index is 317. The second-order valence-electron chi connectivity index (χ2n) is 4.08. The van der Waals surface area contributed by atoms with Crippen LogP contribution in [0.5, 0.6) is 0 Å². The molecule has 0 aromatic carbocycles. The molecule has 0 atom stereocenters. The lowest BCUT2D eigenvalue weighted by molar-refractivity contribution is 0.196. The molecule has 0 spiro atoms. The number of nitrogens with zero attached hydrogens (tertiary/aromatic N) is 2. The van der Waals surface area contributed by atoms with Gasteiger partial charge in [-0.1, -0.05) is 13.0 Å². The molecule has 0 fully saturated rings. The maximum Gasteiger partial charge on any atom is 0.130 e. The molecule has 1 aromatic heterocycles. The van der Waals surface area contributed by atoms with Crippen LogP contribution in [-0.2, 0) is 4.74 Å². The molecule has 1 heterocycles. The Morgan fingerprint density at radius 3 is 2.94 bits per heavy atom. The lowest BCUT2D eigenvalue weighted by Crippen LogP contribution is -2.21. The molecule has 0 radical (unpaired) electrons. The second kappa shape index (κ2) is 7.90. The number of pyridine rings is 1. The van der Waals surface area contributed by atoms with Gasteiger partial charge in [-0.25, -0.2) is 4.98 Å². The van der Waals surface area contributed by atoms with Gasteiger partial charge in [0.25, 0.3) is 0 Å². The van der Waals surface area contributed by atoms with Gasteiger partial charge < -0.3 is 15.0 Å². The van der Waals surface area contributed by atoms with Crippen molar-refractivity contribution in [2.24, 2.45) is 0 Å². The van der Waals surface area contributed by atoms with Gasteiger partial charge >= 0.3 is 0 Å². The number of rotatable bonds is 8. The predicted octanol–water partition coefficient (Wildman–Crippen LogP) is 2.38. The van der Waals surface area contributed by atoms with Crippen molar-refractivity contribution in [3.8, 4) is 0 Å². The first-order chi connectivity index (χ1) is 8.27. The standard InChI is InChI=1S/C13H23N3O/c1-4-9-14-12-7-5-8-13(15-12)16(2)10-6-11-17-3/h5,7-8H,4,6,9-11H2,1-3H3,(H,14,15). The summed E-state index contributed by atoms with van der Waals surface area (Å²) in [4.78, 5) is 6.71. The average Bonchev–Trinajstić information content (AvgIpc) is 2.37. The van der Waals surface area contributed by atoms with Crippen LogP contribution in [0.3, 0.4) is 0 Å². The highest BCUT2D eigenvalue weighted by Crippen LogP contribution is 2.13. The molecule has 4 nitrogen and oxygen atoms in total. The largest absolute Gasteiger partial charge is 0.385 e. The zero-order valence-electron chi connectivity index (χ0n) is 11.1. The summed E-state index contributed by atoms with van der Waals surface area (Å²) in [6, 6.07) is 6.07. The summed E-state index contributed by atoms with van der Waals surface area (Å²) < 4.78 is 5.05. The molecule has 96 valence electrons. The highest BCUT2D eigenvalue weighted by molar-refractivity contribution is 5.46. The number of aromatic nitrogens is 1. The van der Waals surface area contributed by atoms with Crippen molar-refractivity contribution in [3.05, 3.63) is 18.2 Å². The van der Waals surface area contributed by atoms with E-state index in [4.69, 9.17) is 4.74 Å². The SMILES string of the molecule is CCCNc1cccc(N(C)CCCOC)n1. The Hall–Kier alpha value is -1.29. The summed E-state index contributed by atoms with van der Waals surface area (Å²) in [5.74, 6) is 1.95. The molecule has 1 N–H and O–H groups in total. The van der Waals surface area contributed by atoms with Gasteiger partial charge in [0.05, 0.1) is 0 Å². The minimum atomic E-state index is 0.790. The van der Waals surface area contributed by atoms with Crippen molar-refractivity contribution in [1.29, 1.82) is 0 Å². The molecule has 17 heavy (non-hydrogen) atoms. The fraction of sp³-hybridized carbons (Fsp3) is 0.615. The van der Waals surface area contributed by atoms with Crippen molar-refractivity contribution in [2.75, 3.05) is 44.1 Å². The number of ether oxygens (including phenoxy) is 1. The lowest BCUT2D eigenvalue weighted by Gasteiger charge is -2.18. The average molecular weight is 237 g/mol. The van der Waals surface area contributed by atoms with E-state index in [1.165, 1.54) is 0 Å². The van der Waals surface area contributed by atoms with Gasteiger partial charge in [0, 0.05) is 33.9 Å². The number of hydrogen-bond donors (Lipinski definition) is 1. The fourth-order valence-electron chi connectivity index (χ4n) is 1.55. The van der Waals surface area contributed by atoms with E-state index in [2.05, 4.69) is 29.2 Å². The third kappa shape index (κ3) is 5.04. The minimum Gasteiger partial charge on any atom is -0.385 e. The van der Waals surface area contributed by atoms with Crippen LogP contribution < -0.4 is 10.2 Å². The molecule has 0 saturated carbocycles. The van der Waals surface area contributed by atoms with E-state index in [9.17, 15) is 0 Å². The van der Waals surface area contributed by atoms with Crippen LogP contribution in [0.2, 0.25) is 0 Å². The molecule has 0 aliphatic carbocycles. The summed E-state index contributed by atoms with van der Waals surface area (Å²) in [6.45, 7) is 4.85. The zero-order chi connectivity index (χ0) is 12.5. The van der Waals surface area contributed by atoms with Crippen molar-refractivity contribution >= 4 is 11.6 Å². The second-order valence-corrected chi connectivity index (χ2v) is 4.08. The molecule has 4 heteroatoms. The quantitative estimate of drug-likeness (QED) is 0.704. The van der Waals surface area contributed by atoms with Crippen LogP contribution >= 0.6 is 0 Å². The van der Waals surface area contributed by atoms with E-state index in [0.717, 1.165) is 44.2 Å². The Morgan fingerprint density at radius 2 is 2.24 bits per heavy atom. The predicted molar refractivity (Wildman–Crippen MR) is 72.8 cm³/mol. The first-order valence-electron chi connectivity index (χ1n) is 6.19. The molecule has 0 saturated heterocycles. The highest BCUT2D eigenvalue weighted by Gasteiger charge is 2.02. The normalized spacial score (nSPS) is 10.3. The third-order valence-corrected chi connectivity index (χ3v) is 2.52. The van der Waals surface area contributed by atoms with Gasteiger partial charge in [-0.15, -0.1) is 0 Å².